The molecule has 2 heterocycles. The van der Waals surface area contributed by atoms with Crippen LogP contribution in [0, 0.1) is 0 Å². The van der Waals surface area contributed by atoms with Crippen LogP contribution in [0.25, 0.3) is 10.6 Å². The summed E-state index contributed by atoms with van der Waals surface area (Å²) in [6.45, 7) is 2.04. The number of aromatic nitrogens is 2. The number of nitrogen functional groups attached to an aromatic ring is 1. The number of anilines is 1. The number of hydrogen-bond donors (Lipinski definition) is 1. The first-order valence-corrected chi connectivity index (χ1v) is 6.77. The lowest BCUT2D eigenvalue weighted by Gasteiger charge is -1.98. The van der Waals surface area contributed by atoms with Crippen LogP contribution in [0.4, 0.5) is 5.82 Å². The first-order chi connectivity index (χ1) is 9.17. The molecule has 0 aliphatic heterocycles. The van der Waals surface area contributed by atoms with Crippen molar-refractivity contribution >= 4 is 23.1 Å². The van der Waals surface area contributed by atoms with Crippen molar-refractivity contribution in [2.24, 2.45) is 0 Å². The minimum absolute atomic E-state index is 0.352. The van der Waals surface area contributed by atoms with Crippen LogP contribution < -0.4 is 5.73 Å². The largest absolute Gasteiger partial charge is 0.465 e. The number of thiazole rings is 1. The van der Waals surface area contributed by atoms with Gasteiger partial charge in [0.25, 0.3) is 0 Å². The molecule has 0 saturated heterocycles. The molecule has 0 saturated carbocycles. The van der Waals surface area contributed by atoms with Crippen LogP contribution in [0.1, 0.15) is 28.7 Å². The highest BCUT2D eigenvalue weighted by molar-refractivity contribution is 7.17. The summed E-state index contributed by atoms with van der Waals surface area (Å²) in [5, 5.41) is 0.703. The third-order valence-electron chi connectivity index (χ3n) is 2.62. The molecule has 2 rings (SSSR count). The predicted molar refractivity (Wildman–Crippen MR) is 75.1 cm³/mol. The Balaban J connectivity index is 2.48. The Morgan fingerprint density at radius 1 is 1.53 bits per heavy atom. The number of nitrogens with two attached hydrogens (primary N) is 1. The Morgan fingerprint density at radius 3 is 2.95 bits per heavy atom. The second-order valence-corrected chi connectivity index (χ2v) is 4.97. The third kappa shape index (κ3) is 2.73. The van der Waals surface area contributed by atoms with Crippen LogP contribution in [0.15, 0.2) is 18.3 Å². The van der Waals surface area contributed by atoms with E-state index in [0.717, 1.165) is 24.1 Å². The van der Waals surface area contributed by atoms with Gasteiger partial charge in [0, 0.05) is 6.20 Å². The number of nitrogens with zero attached hydrogens (tertiary/aromatic N) is 2. The first kappa shape index (κ1) is 13.5. The van der Waals surface area contributed by atoms with Gasteiger partial charge < -0.3 is 10.5 Å². The Kier molecular flexibility index (Phi) is 4.11. The molecule has 100 valence electrons. The lowest BCUT2D eigenvalue weighted by atomic mass is 10.2. The molecule has 0 bridgehead atoms. The van der Waals surface area contributed by atoms with Crippen molar-refractivity contribution in [3.05, 3.63) is 28.9 Å². The van der Waals surface area contributed by atoms with Gasteiger partial charge in [-0.2, -0.15) is 0 Å². The van der Waals surface area contributed by atoms with Crippen molar-refractivity contribution in [2.75, 3.05) is 12.8 Å². The van der Waals surface area contributed by atoms with Crippen LogP contribution in [-0.4, -0.2) is 23.0 Å². The number of rotatable bonds is 4. The van der Waals surface area contributed by atoms with Crippen molar-refractivity contribution in [3.63, 3.8) is 0 Å². The second-order valence-electron chi connectivity index (χ2n) is 3.97. The molecular weight excluding hydrogens is 262 g/mol. The van der Waals surface area contributed by atoms with Crippen LogP contribution >= 0.6 is 11.3 Å². The van der Waals surface area contributed by atoms with Gasteiger partial charge in [-0.15, -0.1) is 11.3 Å². The third-order valence-corrected chi connectivity index (χ3v) is 3.73. The minimum atomic E-state index is -0.352. The molecule has 0 radical (unpaired) electrons. The second kappa shape index (κ2) is 5.79. The van der Waals surface area contributed by atoms with E-state index in [1.54, 1.807) is 12.3 Å². The number of pyridine rings is 1. The Bertz CT molecular complexity index is 595. The van der Waals surface area contributed by atoms with E-state index in [2.05, 4.69) is 9.97 Å². The fraction of sp³-hybridized carbons (Fsp3) is 0.308. The molecular formula is C13H15N3O2S. The summed E-state index contributed by atoms with van der Waals surface area (Å²) in [7, 11) is 1.37. The van der Waals surface area contributed by atoms with Crippen molar-refractivity contribution in [1.29, 1.82) is 0 Å². The van der Waals surface area contributed by atoms with Gasteiger partial charge in [-0.05, 0) is 18.6 Å². The Labute approximate surface area is 115 Å². The molecule has 2 aromatic rings. The topological polar surface area (TPSA) is 78.1 Å². The fourth-order valence-corrected chi connectivity index (χ4v) is 2.79. The minimum Gasteiger partial charge on any atom is -0.465 e. The molecule has 0 unspecified atom stereocenters. The maximum atomic E-state index is 11.7. The molecule has 0 spiro atoms. The molecule has 0 amide bonds. The molecule has 2 aromatic heterocycles. The molecule has 2 N–H and O–H groups in total. The van der Waals surface area contributed by atoms with Crippen LogP contribution in [-0.2, 0) is 11.2 Å². The van der Waals surface area contributed by atoms with Gasteiger partial charge in [-0.25, -0.2) is 14.8 Å². The number of carbonyl (C=O) groups is 1. The average molecular weight is 277 g/mol. The van der Waals surface area contributed by atoms with E-state index in [4.69, 9.17) is 10.5 Å². The lowest BCUT2D eigenvalue weighted by molar-refractivity contribution is 0.0605. The van der Waals surface area contributed by atoms with Crippen LogP contribution in [0.2, 0.25) is 0 Å². The maximum absolute atomic E-state index is 11.7. The van der Waals surface area contributed by atoms with Gasteiger partial charge in [-0.1, -0.05) is 13.3 Å². The van der Waals surface area contributed by atoms with Gasteiger partial charge in [-0.3, -0.25) is 0 Å². The SMILES string of the molecule is CCCc1nc(-c2cccnc2N)sc1C(=O)OC. The summed E-state index contributed by atoms with van der Waals surface area (Å²) in [6.07, 6.45) is 3.28. The monoisotopic (exact) mass is 277 g/mol. The number of carbonyl (C=O) groups excluding carboxylic acids is 1. The summed E-state index contributed by atoms with van der Waals surface area (Å²) < 4.78 is 4.79. The summed E-state index contributed by atoms with van der Waals surface area (Å²) in [5.74, 6) is 0.0605. The predicted octanol–water partition coefficient (Wildman–Crippen LogP) is 2.53. The first-order valence-electron chi connectivity index (χ1n) is 5.96. The molecule has 5 nitrogen and oxygen atoms in total. The Hall–Kier alpha value is -1.95. The highest BCUT2D eigenvalue weighted by Crippen LogP contribution is 2.31. The number of aryl methyl sites for hydroxylation is 1. The van der Waals surface area contributed by atoms with E-state index in [1.807, 2.05) is 13.0 Å². The van der Waals surface area contributed by atoms with Gasteiger partial charge >= 0.3 is 5.97 Å². The van der Waals surface area contributed by atoms with Crippen molar-refractivity contribution < 1.29 is 9.53 Å². The maximum Gasteiger partial charge on any atom is 0.349 e. The molecule has 0 aromatic carbocycles. The van der Waals surface area contributed by atoms with E-state index in [9.17, 15) is 4.79 Å². The highest BCUT2D eigenvalue weighted by Gasteiger charge is 2.19. The van der Waals surface area contributed by atoms with E-state index >= 15 is 0 Å². The molecule has 0 aliphatic rings. The van der Waals surface area contributed by atoms with E-state index in [1.165, 1.54) is 18.4 Å². The van der Waals surface area contributed by atoms with Gasteiger partial charge in [0.15, 0.2) is 0 Å². The zero-order chi connectivity index (χ0) is 13.8. The number of ether oxygens (including phenoxy) is 1. The zero-order valence-corrected chi connectivity index (χ0v) is 11.7. The lowest BCUT2D eigenvalue weighted by Crippen LogP contribution is -2.02. The molecule has 19 heavy (non-hydrogen) atoms. The quantitative estimate of drug-likeness (QED) is 0.869. The molecule has 0 fully saturated rings. The number of methoxy groups -OCH3 is 1. The van der Waals surface area contributed by atoms with Crippen LogP contribution in [0.5, 0.6) is 0 Å². The standard InChI is InChI=1S/C13H15N3O2S/c1-3-5-9-10(13(17)18-2)19-12(16-9)8-6-4-7-15-11(8)14/h4,6-7H,3,5H2,1-2H3,(H2,14,15). The van der Waals surface area contributed by atoms with Crippen molar-refractivity contribution in [1.82, 2.24) is 9.97 Å². The average Bonchev–Trinajstić information content (AvgIpc) is 2.83. The summed E-state index contributed by atoms with van der Waals surface area (Å²) >= 11 is 1.29. The van der Waals surface area contributed by atoms with E-state index < -0.39 is 0 Å². The van der Waals surface area contributed by atoms with E-state index in [0.29, 0.717) is 15.7 Å². The fourth-order valence-electron chi connectivity index (χ4n) is 1.72. The number of esters is 1. The normalized spacial score (nSPS) is 10.4. The van der Waals surface area contributed by atoms with Gasteiger partial charge in [0.05, 0.1) is 18.4 Å². The Morgan fingerprint density at radius 2 is 2.32 bits per heavy atom. The van der Waals surface area contributed by atoms with Crippen molar-refractivity contribution in [3.8, 4) is 10.6 Å². The van der Waals surface area contributed by atoms with Gasteiger partial charge in [0.1, 0.15) is 15.7 Å². The highest BCUT2D eigenvalue weighted by atomic mass is 32.1. The number of hydrogen-bond acceptors (Lipinski definition) is 6. The molecule has 0 atom stereocenters. The van der Waals surface area contributed by atoms with Crippen molar-refractivity contribution in [2.45, 2.75) is 19.8 Å². The van der Waals surface area contributed by atoms with Crippen LogP contribution in [0.3, 0.4) is 0 Å². The van der Waals surface area contributed by atoms with Gasteiger partial charge in [0.2, 0.25) is 0 Å². The summed E-state index contributed by atoms with van der Waals surface area (Å²) in [4.78, 5) is 20.8. The summed E-state index contributed by atoms with van der Waals surface area (Å²) in [6, 6.07) is 3.64. The molecule has 0 aliphatic carbocycles. The van der Waals surface area contributed by atoms with E-state index in [-0.39, 0.29) is 5.97 Å². The smallest absolute Gasteiger partial charge is 0.349 e. The molecule has 6 heteroatoms. The zero-order valence-electron chi connectivity index (χ0n) is 10.8. The summed E-state index contributed by atoms with van der Waals surface area (Å²) in [5.41, 5.74) is 7.35.